The molecular formula is C18H18ClNO3S. The minimum Gasteiger partial charge on any atom is -0.465 e. The van der Waals surface area contributed by atoms with Crippen LogP contribution in [-0.4, -0.2) is 39.6 Å². The van der Waals surface area contributed by atoms with Gasteiger partial charge in [-0.3, -0.25) is 9.69 Å². The Bertz CT molecular complexity index is 666. The lowest BCUT2D eigenvalue weighted by Crippen LogP contribution is -2.46. The zero-order valence-electron chi connectivity index (χ0n) is 13.0. The molecule has 0 saturated carbocycles. The standard InChI is InChI=1S/C18H18ClNO3S/c19-11-17(21)16(13-24-15-9-5-2-6-10-15)20(18(22)23)12-14-7-3-1-4-8-14/h1-10,16H,11-13H2,(H,22,23)/t16-/m1/s1. The van der Waals surface area contributed by atoms with E-state index in [1.165, 1.54) is 11.8 Å². The van der Waals surface area contributed by atoms with Crippen molar-refractivity contribution < 1.29 is 14.7 Å². The molecule has 2 aromatic carbocycles. The van der Waals surface area contributed by atoms with E-state index in [9.17, 15) is 14.7 Å². The maximum absolute atomic E-state index is 12.2. The lowest BCUT2D eigenvalue weighted by atomic mass is 10.1. The lowest BCUT2D eigenvalue weighted by Gasteiger charge is -2.28. The van der Waals surface area contributed by atoms with Crippen LogP contribution < -0.4 is 0 Å². The first kappa shape index (κ1) is 18.4. The van der Waals surface area contributed by atoms with Crippen molar-refractivity contribution in [1.29, 1.82) is 0 Å². The van der Waals surface area contributed by atoms with Crippen LogP contribution in [0.1, 0.15) is 5.56 Å². The van der Waals surface area contributed by atoms with Gasteiger partial charge in [0.1, 0.15) is 6.04 Å². The number of rotatable bonds is 8. The molecule has 0 aliphatic carbocycles. The molecule has 0 fully saturated rings. The number of Topliss-reactive ketones (excluding diaryl/α,β-unsaturated/α-hetero) is 1. The summed E-state index contributed by atoms with van der Waals surface area (Å²) in [7, 11) is 0. The molecule has 2 aromatic rings. The number of carbonyl (C=O) groups is 2. The number of thioether (sulfide) groups is 1. The number of carboxylic acid groups (broad SMARTS) is 1. The number of halogens is 1. The number of ketones is 1. The summed E-state index contributed by atoms with van der Waals surface area (Å²) in [5, 5.41) is 9.57. The first-order valence-corrected chi connectivity index (χ1v) is 8.94. The molecule has 0 saturated heterocycles. The van der Waals surface area contributed by atoms with Crippen molar-refractivity contribution >= 4 is 35.2 Å². The van der Waals surface area contributed by atoms with Crippen LogP contribution in [0.5, 0.6) is 0 Å². The number of hydrogen-bond acceptors (Lipinski definition) is 3. The highest BCUT2D eigenvalue weighted by atomic mass is 35.5. The van der Waals surface area contributed by atoms with Crippen molar-refractivity contribution in [2.45, 2.75) is 17.5 Å². The third kappa shape index (κ3) is 5.28. The molecule has 0 aromatic heterocycles. The number of amides is 1. The SMILES string of the molecule is O=C(CCl)[C@@H](CSc1ccccc1)N(Cc1ccccc1)C(=O)O. The van der Waals surface area contributed by atoms with Crippen molar-refractivity contribution in [1.82, 2.24) is 4.90 Å². The Kier molecular flexibility index (Phi) is 7.15. The van der Waals surface area contributed by atoms with Crippen molar-refractivity contribution in [3.63, 3.8) is 0 Å². The van der Waals surface area contributed by atoms with Gasteiger partial charge in [-0.05, 0) is 17.7 Å². The Hall–Kier alpha value is -1.98. The molecule has 0 radical (unpaired) electrons. The van der Waals surface area contributed by atoms with Gasteiger partial charge in [0.2, 0.25) is 0 Å². The van der Waals surface area contributed by atoms with Gasteiger partial charge in [-0.2, -0.15) is 0 Å². The van der Waals surface area contributed by atoms with Crippen molar-refractivity contribution in [3.05, 3.63) is 66.2 Å². The topological polar surface area (TPSA) is 57.6 Å². The molecule has 0 spiro atoms. The number of carbonyl (C=O) groups excluding carboxylic acids is 1. The molecule has 0 unspecified atom stereocenters. The van der Waals surface area contributed by atoms with E-state index in [-0.39, 0.29) is 18.2 Å². The first-order valence-electron chi connectivity index (χ1n) is 7.42. The van der Waals surface area contributed by atoms with E-state index in [0.717, 1.165) is 15.4 Å². The summed E-state index contributed by atoms with van der Waals surface area (Å²) in [6.45, 7) is 0.152. The van der Waals surface area contributed by atoms with Gasteiger partial charge in [0.15, 0.2) is 5.78 Å². The predicted octanol–water partition coefficient (Wildman–Crippen LogP) is 4.14. The quantitative estimate of drug-likeness (QED) is 0.565. The predicted molar refractivity (Wildman–Crippen MR) is 96.7 cm³/mol. The second-order valence-corrected chi connectivity index (χ2v) is 6.50. The largest absolute Gasteiger partial charge is 0.465 e. The summed E-state index contributed by atoms with van der Waals surface area (Å²) in [4.78, 5) is 26.1. The fourth-order valence-electron chi connectivity index (χ4n) is 2.23. The number of benzene rings is 2. The van der Waals surface area contributed by atoms with Crippen molar-refractivity contribution in [3.8, 4) is 0 Å². The summed E-state index contributed by atoms with van der Waals surface area (Å²) < 4.78 is 0. The summed E-state index contributed by atoms with van der Waals surface area (Å²) in [5.74, 6) is -0.175. The second-order valence-electron chi connectivity index (χ2n) is 5.14. The Morgan fingerprint density at radius 1 is 1.04 bits per heavy atom. The van der Waals surface area contributed by atoms with Gasteiger partial charge in [0.25, 0.3) is 0 Å². The highest BCUT2D eigenvalue weighted by Crippen LogP contribution is 2.22. The molecule has 24 heavy (non-hydrogen) atoms. The summed E-state index contributed by atoms with van der Waals surface area (Å²) in [5.41, 5.74) is 0.831. The van der Waals surface area contributed by atoms with Crippen LogP contribution in [0, 0.1) is 0 Å². The van der Waals surface area contributed by atoms with Crippen LogP contribution in [0.2, 0.25) is 0 Å². The van der Waals surface area contributed by atoms with Crippen LogP contribution >= 0.6 is 23.4 Å². The molecule has 0 bridgehead atoms. The summed E-state index contributed by atoms with van der Waals surface area (Å²) in [6.07, 6.45) is -1.13. The molecular weight excluding hydrogens is 346 g/mol. The molecule has 1 amide bonds. The third-order valence-corrected chi connectivity index (χ3v) is 4.82. The highest BCUT2D eigenvalue weighted by molar-refractivity contribution is 7.99. The number of alkyl halides is 1. The zero-order chi connectivity index (χ0) is 17.4. The van der Waals surface area contributed by atoms with Crippen LogP contribution in [0.25, 0.3) is 0 Å². The van der Waals surface area contributed by atoms with Gasteiger partial charge in [0.05, 0.1) is 5.88 Å². The van der Waals surface area contributed by atoms with Gasteiger partial charge in [0, 0.05) is 17.2 Å². The van der Waals surface area contributed by atoms with E-state index in [1.807, 2.05) is 60.7 Å². The Morgan fingerprint density at radius 3 is 2.17 bits per heavy atom. The van der Waals surface area contributed by atoms with E-state index < -0.39 is 12.1 Å². The van der Waals surface area contributed by atoms with Crippen LogP contribution in [0.3, 0.4) is 0 Å². The maximum Gasteiger partial charge on any atom is 0.408 e. The average molecular weight is 364 g/mol. The van der Waals surface area contributed by atoms with E-state index in [1.54, 1.807) is 0 Å². The Balaban J connectivity index is 2.16. The lowest BCUT2D eigenvalue weighted by molar-refractivity contribution is -0.120. The molecule has 0 aliphatic rings. The zero-order valence-corrected chi connectivity index (χ0v) is 14.5. The van der Waals surface area contributed by atoms with Crippen LogP contribution in [-0.2, 0) is 11.3 Å². The van der Waals surface area contributed by atoms with Gasteiger partial charge < -0.3 is 5.11 Å². The summed E-state index contributed by atoms with van der Waals surface area (Å²) >= 11 is 7.15. The van der Waals surface area contributed by atoms with E-state index in [4.69, 9.17) is 11.6 Å². The van der Waals surface area contributed by atoms with E-state index in [2.05, 4.69) is 0 Å². The van der Waals surface area contributed by atoms with Gasteiger partial charge >= 0.3 is 6.09 Å². The highest BCUT2D eigenvalue weighted by Gasteiger charge is 2.29. The van der Waals surface area contributed by atoms with E-state index >= 15 is 0 Å². The number of nitrogens with zero attached hydrogens (tertiary/aromatic N) is 1. The first-order chi connectivity index (χ1) is 11.6. The van der Waals surface area contributed by atoms with Gasteiger partial charge in [-0.1, -0.05) is 48.5 Å². The molecule has 1 atom stereocenters. The minimum absolute atomic E-state index is 0.152. The fourth-order valence-corrected chi connectivity index (χ4v) is 3.47. The minimum atomic E-state index is -1.13. The molecule has 1 N–H and O–H groups in total. The van der Waals surface area contributed by atoms with Gasteiger partial charge in [-0.15, -0.1) is 23.4 Å². The van der Waals surface area contributed by atoms with Crippen LogP contribution in [0.15, 0.2) is 65.6 Å². The number of hydrogen-bond donors (Lipinski definition) is 1. The smallest absolute Gasteiger partial charge is 0.408 e. The molecule has 6 heteroatoms. The third-order valence-electron chi connectivity index (χ3n) is 3.47. The molecule has 4 nitrogen and oxygen atoms in total. The molecule has 0 aliphatic heterocycles. The Labute approximate surface area is 150 Å². The van der Waals surface area contributed by atoms with Crippen molar-refractivity contribution in [2.75, 3.05) is 11.6 Å². The van der Waals surface area contributed by atoms with Crippen LogP contribution in [0.4, 0.5) is 4.79 Å². The maximum atomic E-state index is 12.2. The van der Waals surface area contributed by atoms with Gasteiger partial charge in [-0.25, -0.2) is 4.79 Å². The fraction of sp³-hybridized carbons (Fsp3) is 0.222. The average Bonchev–Trinajstić information content (AvgIpc) is 2.62. The molecule has 2 rings (SSSR count). The second kappa shape index (κ2) is 9.35. The molecule has 126 valence electrons. The Morgan fingerprint density at radius 2 is 1.62 bits per heavy atom. The van der Waals surface area contributed by atoms with E-state index in [0.29, 0.717) is 5.75 Å². The normalized spacial score (nSPS) is 11.7. The van der Waals surface area contributed by atoms with Crippen molar-refractivity contribution in [2.24, 2.45) is 0 Å². The monoisotopic (exact) mass is 363 g/mol. The molecule has 0 heterocycles. The summed E-state index contributed by atoms with van der Waals surface area (Å²) in [6, 6.07) is 18.0.